The number of nitrogens with zero attached hydrogens (tertiary/aromatic N) is 3. The number of benzene rings is 2. The molecule has 2 aromatic carbocycles. The van der Waals surface area contributed by atoms with Gasteiger partial charge in [0.2, 0.25) is 0 Å². The minimum absolute atomic E-state index is 0.124. The van der Waals surface area contributed by atoms with Gasteiger partial charge < -0.3 is 10.2 Å². The molecule has 3 heterocycles. The average molecular weight is 465 g/mol. The van der Waals surface area contributed by atoms with Crippen LogP contribution in [0, 0.1) is 0 Å². The lowest BCUT2D eigenvalue weighted by atomic mass is 9.92. The Kier molecular flexibility index (Phi) is 5.75. The second-order valence-electron chi connectivity index (χ2n) is 8.53. The van der Waals surface area contributed by atoms with Gasteiger partial charge in [-0.2, -0.15) is 5.10 Å². The summed E-state index contributed by atoms with van der Waals surface area (Å²) in [5.74, 6) is 0.956. The van der Waals surface area contributed by atoms with E-state index in [0.29, 0.717) is 16.1 Å². The second-order valence-corrected chi connectivity index (χ2v) is 9.34. The molecule has 4 nitrogen and oxygen atoms in total. The normalized spacial score (nSPS) is 20.3. The Morgan fingerprint density at radius 3 is 2.72 bits per heavy atom. The first-order chi connectivity index (χ1) is 15.5. The van der Waals surface area contributed by atoms with Crippen LogP contribution in [-0.2, 0) is 6.42 Å². The van der Waals surface area contributed by atoms with E-state index in [1.165, 1.54) is 12.0 Å². The molecule has 2 unspecified atom stereocenters. The summed E-state index contributed by atoms with van der Waals surface area (Å²) in [5.41, 5.74) is 5.68. The summed E-state index contributed by atoms with van der Waals surface area (Å²) in [6, 6.07) is 18.8. The van der Waals surface area contributed by atoms with E-state index in [2.05, 4.69) is 59.1 Å². The van der Waals surface area contributed by atoms with Gasteiger partial charge in [0.25, 0.3) is 0 Å². The fraction of sp³-hybridized carbons (Fsp3) is 0.269. The van der Waals surface area contributed by atoms with Crippen LogP contribution >= 0.6 is 23.2 Å². The van der Waals surface area contributed by atoms with Crippen molar-refractivity contribution < 1.29 is 0 Å². The van der Waals surface area contributed by atoms with Crippen molar-refractivity contribution in [1.82, 2.24) is 14.7 Å². The standard InChI is InChI=1S/C26H26Cl2N4/c1-17-25(18(2)31-14-6-9-21(31)15-19-7-4-3-5-8-19)26(32-24(30-17)12-13-29-32)20-10-11-22(27)23(28)16-20/h3-5,7-8,10-13,16,21,26,30H,2,6,9,14-15H2,1H3. The van der Waals surface area contributed by atoms with Gasteiger partial charge in [0.1, 0.15) is 11.9 Å². The molecule has 0 radical (unpaired) electrons. The van der Waals surface area contributed by atoms with Crippen LogP contribution in [0.4, 0.5) is 5.82 Å². The first kappa shape index (κ1) is 21.2. The van der Waals surface area contributed by atoms with Crippen molar-refractivity contribution in [2.75, 3.05) is 11.9 Å². The summed E-state index contributed by atoms with van der Waals surface area (Å²) < 4.78 is 2.01. The van der Waals surface area contributed by atoms with E-state index in [1.807, 2.05) is 35.1 Å². The van der Waals surface area contributed by atoms with Crippen LogP contribution in [-0.4, -0.2) is 27.3 Å². The number of fused-ring (bicyclic) bond motifs is 1. The SMILES string of the molecule is C=C(C1=C(C)Nc2ccnn2C1c1ccc(Cl)c(Cl)c1)N1CCCC1Cc1ccccc1. The van der Waals surface area contributed by atoms with E-state index in [4.69, 9.17) is 23.2 Å². The highest BCUT2D eigenvalue weighted by molar-refractivity contribution is 6.42. The van der Waals surface area contributed by atoms with Crippen molar-refractivity contribution in [3.63, 3.8) is 0 Å². The minimum atomic E-state index is -0.124. The summed E-state index contributed by atoms with van der Waals surface area (Å²) >= 11 is 12.6. The van der Waals surface area contributed by atoms with Crippen LogP contribution in [0.5, 0.6) is 0 Å². The second kappa shape index (κ2) is 8.68. The van der Waals surface area contributed by atoms with Gasteiger partial charge in [0.05, 0.1) is 16.2 Å². The lowest BCUT2D eigenvalue weighted by Gasteiger charge is -2.37. The van der Waals surface area contributed by atoms with Gasteiger partial charge in [-0.1, -0.05) is 66.2 Å². The fourth-order valence-corrected chi connectivity index (χ4v) is 5.32. The first-order valence-corrected chi connectivity index (χ1v) is 11.7. The van der Waals surface area contributed by atoms with E-state index in [9.17, 15) is 0 Å². The molecule has 1 saturated heterocycles. The number of hydrogen-bond acceptors (Lipinski definition) is 3. The Morgan fingerprint density at radius 2 is 1.94 bits per heavy atom. The van der Waals surface area contributed by atoms with Crippen molar-refractivity contribution in [3.8, 4) is 0 Å². The van der Waals surface area contributed by atoms with Crippen LogP contribution in [0.1, 0.15) is 36.9 Å². The maximum Gasteiger partial charge on any atom is 0.129 e. The van der Waals surface area contributed by atoms with Crippen molar-refractivity contribution in [1.29, 1.82) is 0 Å². The number of rotatable bonds is 5. The summed E-state index contributed by atoms with van der Waals surface area (Å²) in [5, 5.41) is 9.24. The Labute approximate surface area is 199 Å². The molecule has 164 valence electrons. The van der Waals surface area contributed by atoms with E-state index in [1.54, 1.807) is 0 Å². The zero-order valence-corrected chi connectivity index (χ0v) is 19.6. The third-order valence-electron chi connectivity index (χ3n) is 6.52. The molecule has 2 atom stereocenters. The lowest BCUT2D eigenvalue weighted by Crippen LogP contribution is -2.35. The predicted molar refractivity (Wildman–Crippen MR) is 132 cm³/mol. The minimum Gasteiger partial charge on any atom is -0.368 e. The fourth-order valence-electron chi connectivity index (χ4n) is 5.01. The largest absolute Gasteiger partial charge is 0.368 e. The molecule has 1 fully saturated rings. The van der Waals surface area contributed by atoms with Gasteiger partial charge in [-0.15, -0.1) is 0 Å². The number of likely N-dealkylation sites (tertiary alicyclic amines) is 1. The van der Waals surface area contributed by atoms with Gasteiger partial charge in [-0.25, -0.2) is 4.68 Å². The molecule has 1 aromatic heterocycles. The van der Waals surface area contributed by atoms with Crippen LogP contribution in [0.15, 0.2) is 84.3 Å². The first-order valence-electron chi connectivity index (χ1n) is 11.0. The van der Waals surface area contributed by atoms with Crippen LogP contribution in [0.2, 0.25) is 10.0 Å². The molecule has 0 aliphatic carbocycles. The molecular weight excluding hydrogens is 439 g/mol. The summed E-state index contributed by atoms with van der Waals surface area (Å²) in [6.45, 7) is 7.73. The number of anilines is 1. The average Bonchev–Trinajstić information content (AvgIpc) is 3.44. The molecule has 6 heteroatoms. The molecule has 2 aliphatic heterocycles. The molecule has 0 saturated carbocycles. The number of hydrogen-bond donors (Lipinski definition) is 1. The number of nitrogens with one attached hydrogen (secondary N) is 1. The van der Waals surface area contributed by atoms with Crippen molar-refractivity contribution in [3.05, 3.63) is 106 Å². The zero-order valence-electron chi connectivity index (χ0n) is 18.1. The number of aromatic nitrogens is 2. The van der Waals surface area contributed by atoms with E-state index in [0.717, 1.165) is 47.7 Å². The van der Waals surface area contributed by atoms with Crippen LogP contribution < -0.4 is 5.32 Å². The maximum atomic E-state index is 6.41. The molecule has 0 amide bonds. The van der Waals surface area contributed by atoms with Crippen LogP contribution in [0.25, 0.3) is 0 Å². The monoisotopic (exact) mass is 464 g/mol. The zero-order chi connectivity index (χ0) is 22.2. The summed E-state index contributed by atoms with van der Waals surface area (Å²) in [6.07, 6.45) is 5.17. The molecular formula is C26H26Cl2N4. The van der Waals surface area contributed by atoms with Crippen molar-refractivity contribution >= 4 is 29.0 Å². The molecule has 0 spiro atoms. The Bertz CT molecular complexity index is 1180. The molecule has 5 rings (SSSR count). The van der Waals surface area contributed by atoms with Gasteiger partial charge in [-0.3, -0.25) is 0 Å². The molecule has 3 aromatic rings. The molecule has 2 aliphatic rings. The molecule has 1 N–H and O–H groups in total. The van der Waals surface area contributed by atoms with Gasteiger partial charge in [0.15, 0.2) is 0 Å². The van der Waals surface area contributed by atoms with E-state index < -0.39 is 0 Å². The highest BCUT2D eigenvalue weighted by Gasteiger charge is 2.35. The quantitative estimate of drug-likeness (QED) is 0.455. The van der Waals surface area contributed by atoms with E-state index in [-0.39, 0.29) is 6.04 Å². The predicted octanol–water partition coefficient (Wildman–Crippen LogP) is 6.70. The summed E-state index contributed by atoms with van der Waals surface area (Å²) in [4.78, 5) is 2.48. The van der Waals surface area contributed by atoms with Crippen molar-refractivity contribution in [2.45, 2.75) is 38.3 Å². The highest BCUT2D eigenvalue weighted by atomic mass is 35.5. The Hall–Kier alpha value is -2.69. The molecule has 32 heavy (non-hydrogen) atoms. The number of halogens is 2. The van der Waals surface area contributed by atoms with Gasteiger partial charge >= 0.3 is 0 Å². The smallest absolute Gasteiger partial charge is 0.129 e. The molecule has 0 bridgehead atoms. The van der Waals surface area contributed by atoms with Gasteiger partial charge in [0, 0.05) is 35.6 Å². The third kappa shape index (κ3) is 3.82. The van der Waals surface area contributed by atoms with Gasteiger partial charge in [-0.05, 0) is 49.4 Å². The number of allylic oxidation sites excluding steroid dienone is 2. The van der Waals surface area contributed by atoms with Crippen molar-refractivity contribution in [2.24, 2.45) is 0 Å². The lowest BCUT2D eigenvalue weighted by molar-refractivity contribution is 0.318. The van der Waals surface area contributed by atoms with E-state index >= 15 is 0 Å². The van der Waals surface area contributed by atoms with Crippen LogP contribution in [0.3, 0.4) is 0 Å². The Balaban J connectivity index is 1.52. The topological polar surface area (TPSA) is 33.1 Å². The summed E-state index contributed by atoms with van der Waals surface area (Å²) in [7, 11) is 0. The third-order valence-corrected chi connectivity index (χ3v) is 7.26. The highest BCUT2D eigenvalue weighted by Crippen LogP contribution is 2.42. The maximum absolute atomic E-state index is 6.41. The Morgan fingerprint density at radius 1 is 1.12 bits per heavy atom.